The number of carbonyl (C=O) groups is 1. The van der Waals surface area contributed by atoms with Crippen molar-refractivity contribution in [3.8, 4) is 5.82 Å². The Hall–Kier alpha value is -2.30. The molecule has 0 radical (unpaired) electrons. The molecule has 5 heteroatoms. The van der Waals surface area contributed by atoms with Crippen LogP contribution in [-0.4, -0.2) is 40.0 Å². The average molecular weight is 393 g/mol. The number of anilines is 1. The number of likely N-dealkylation sites (tertiary alicyclic amines) is 1. The molecule has 1 aliphatic carbocycles. The van der Waals surface area contributed by atoms with Crippen LogP contribution >= 0.6 is 0 Å². The van der Waals surface area contributed by atoms with Crippen LogP contribution in [0.1, 0.15) is 58.1 Å². The van der Waals surface area contributed by atoms with E-state index in [1.54, 1.807) is 0 Å². The standard InChI is InChI=1S/C24H32N4O/c1-18(2)11-15-28-20-9-5-13-25-22(20)27-14-6-10-21(27)24(28)12-16-26(17-24)23(29)19-7-3-4-8-19/h5-6,9-10,13-14,18-19H,3-4,7-8,11-12,15-17H2,1-2H3. The largest absolute Gasteiger partial charge is 0.355 e. The second-order valence-electron chi connectivity index (χ2n) is 9.47. The molecule has 2 aromatic heterocycles. The molecule has 0 bridgehead atoms. The lowest BCUT2D eigenvalue weighted by molar-refractivity contribution is -0.134. The van der Waals surface area contributed by atoms with Gasteiger partial charge in [-0.1, -0.05) is 26.7 Å². The Kier molecular flexibility index (Phi) is 4.64. The van der Waals surface area contributed by atoms with Gasteiger partial charge in [0.05, 0.1) is 11.4 Å². The van der Waals surface area contributed by atoms with Crippen molar-refractivity contribution >= 4 is 11.6 Å². The molecule has 0 N–H and O–H groups in total. The summed E-state index contributed by atoms with van der Waals surface area (Å²) in [5.41, 5.74) is 2.34. The molecule has 2 aromatic rings. The van der Waals surface area contributed by atoms with Gasteiger partial charge in [0, 0.05) is 37.9 Å². The summed E-state index contributed by atoms with van der Waals surface area (Å²) >= 11 is 0. The molecule has 1 amide bonds. The normalized spacial score (nSPS) is 23.8. The van der Waals surface area contributed by atoms with E-state index in [0.29, 0.717) is 11.8 Å². The number of pyridine rings is 1. The zero-order chi connectivity index (χ0) is 20.0. The SMILES string of the molecule is CC(C)CCN1c2cccnc2-n2cccc2C12CCN(C(=O)C1CCCC1)C2. The summed E-state index contributed by atoms with van der Waals surface area (Å²) in [6.45, 7) is 7.21. The van der Waals surface area contributed by atoms with Crippen molar-refractivity contribution < 1.29 is 4.79 Å². The molecule has 1 saturated carbocycles. The zero-order valence-electron chi connectivity index (χ0n) is 17.7. The number of rotatable bonds is 4. The number of carbonyl (C=O) groups excluding carboxylic acids is 1. The lowest BCUT2D eigenvalue weighted by Crippen LogP contribution is -2.53. The molecule has 1 unspecified atom stereocenters. The van der Waals surface area contributed by atoms with E-state index < -0.39 is 0 Å². The monoisotopic (exact) mass is 392 g/mol. The Morgan fingerprint density at radius 1 is 1.24 bits per heavy atom. The van der Waals surface area contributed by atoms with Crippen LogP contribution in [-0.2, 0) is 10.3 Å². The highest BCUT2D eigenvalue weighted by Crippen LogP contribution is 2.47. The van der Waals surface area contributed by atoms with Crippen molar-refractivity contribution in [2.24, 2.45) is 11.8 Å². The van der Waals surface area contributed by atoms with E-state index in [0.717, 1.165) is 51.1 Å². The van der Waals surface area contributed by atoms with Gasteiger partial charge in [0.1, 0.15) is 5.54 Å². The van der Waals surface area contributed by atoms with Gasteiger partial charge < -0.3 is 14.4 Å². The highest BCUT2D eigenvalue weighted by Gasteiger charge is 2.51. The van der Waals surface area contributed by atoms with Crippen molar-refractivity contribution in [3.63, 3.8) is 0 Å². The lowest BCUT2D eigenvalue weighted by atomic mass is 9.88. The molecule has 1 saturated heterocycles. The van der Waals surface area contributed by atoms with E-state index in [1.807, 2.05) is 12.3 Å². The number of aromatic nitrogens is 2. The van der Waals surface area contributed by atoms with Crippen molar-refractivity contribution in [3.05, 3.63) is 42.4 Å². The fourth-order valence-electron chi connectivity index (χ4n) is 5.66. The third-order valence-corrected chi connectivity index (χ3v) is 7.22. The summed E-state index contributed by atoms with van der Waals surface area (Å²) in [7, 11) is 0. The van der Waals surface area contributed by atoms with Gasteiger partial charge in [-0.3, -0.25) is 4.79 Å². The van der Waals surface area contributed by atoms with Gasteiger partial charge in [-0.05, 0) is 55.9 Å². The lowest BCUT2D eigenvalue weighted by Gasteiger charge is -2.47. The molecule has 4 heterocycles. The van der Waals surface area contributed by atoms with E-state index in [1.165, 1.54) is 24.2 Å². The molecular formula is C24H32N4O. The number of hydrogen-bond acceptors (Lipinski definition) is 3. The number of fused-ring (bicyclic) bond motifs is 4. The summed E-state index contributed by atoms with van der Waals surface area (Å²) in [5, 5.41) is 0. The molecular weight excluding hydrogens is 360 g/mol. The summed E-state index contributed by atoms with van der Waals surface area (Å²) < 4.78 is 2.25. The van der Waals surface area contributed by atoms with Crippen LogP contribution in [0.2, 0.25) is 0 Å². The van der Waals surface area contributed by atoms with E-state index >= 15 is 0 Å². The van der Waals surface area contributed by atoms with Gasteiger partial charge in [0.25, 0.3) is 0 Å². The van der Waals surface area contributed by atoms with Gasteiger partial charge >= 0.3 is 0 Å². The van der Waals surface area contributed by atoms with Crippen molar-refractivity contribution in [1.82, 2.24) is 14.5 Å². The Balaban J connectivity index is 1.54. The van der Waals surface area contributed by atoms with Gasteiger partial charge in [-0.25, -0.2) is 4.98 Å². The van der Waals surface area contributed by atoms with Crippen molar-refractivity contribution in [1.29, 1.82) is 0 Å². The van der Waals surface area contributed by atoms with Gasteiger partial charge in [0.2, 0.25) is 5.91 Å². The smallest absolute Gasteiger partial charge is 0.225 e. The summed E-state index contributed by atoms with van der Waals surface area (Å²) in [5.74, 6) is 2.29. The van der Waals surface area contributed by atoms with Crippen LogP contribution in [0.25, 0.3) is 5.82 Å². The molecule has 1 atom stereocenters. The van der Waals surface area contributed by atoms with E-state index in [9.17, 15) is 4.79 Å². The topological polar surface area (TPSA) is 41.4 Å². The Morgan fingerprint density at radius 3 is 2.86 bits per heavy atom. The number of nitrogens with zero attached hydrogens (tertiary/aromatic N) is 4. The molecule has 2 aliphatic heterocycles. The summed E-state index contributed by atoms with van der Waals surface area (Å²) in [4.78, 5) is 22.7. The first-order chi connectivity index (χ1) is 14.1. The maximum Gasteiger partial charge on any atom is 0.225 e. The quantitative estimate of drug-likeness (QED) is 0.776. The van der Waals surface area contributed by atoms with Gasteiger partial charge in [0.15, 0.2) is 5.82 Å². The maximum absolute atomic E-state index is 13.2. The van der Waals surface area contributed by atoms with Crippen LogP contribution in [0.3, 0.4) is 0 Å². The first-order valence-electron chi connectivity index (χ1n) is 11.3. The van der Waals surface area contributed by atoms with Gasteiger partial charge in [-0.15, -0.1) is 0 Å². The summed E-state index contributed by atoms with van der Waals surface area (Å²) in [6, 6.07) is 8.61. The van der Waals surface area contributed by atoms with Gasteiger partial charge in [-0.2, -0.15) is 0 Å². The molecule has 29 heavy (non-hydrogen) atoms. The maximum atomic E-state index is 13.2. The predicted octanol–water partition coefficient (Wildman–Crippen LogP) is 4.36. The predicted molar refractivity (Wildman–Crippen MR) is 115 cm³/mol. The Bertz CT molecular complexity index is 898. The second-order valence-corrected chi connectivity index (χ2v) is 9.47. The first kappa shape index (κ1) is 18.7. The molecule has 3 aliphatic rings. The second kappa shape index (κ2) is 7.19. The molecule has 2 fully saturated rings. The fourth-order valence-corrected chi connectivity index (χ4v) is 5.66. The number of hydrogen-bond donors (Lipinski definition) is 0. The molecule has 1 spiro atoms. The van der Waals surface area contributed by atoms with Crippen LogP contribution in [0.15, 0.2) is 36.7 Å². The highest BCUT2D eigenvalue weighted by atomic mass is 16.2. The van der Waals surface area contributed by atoms with Crippen molar-refractivity contribution in [2.45, 2.75) is 57.9 Å². The minimum atomic E-state index is -0.150. The van der Waals surface area contributed by atoms with E-state index in [2.05, 4.69) is 52.6 Å². The summed E-state index contributed by atoms with van der Waals surface area (Å²) in [6.07, 6.45) is 10.7. The molecule has 5 nitrogen and oxygen atoms in total. The third-order valence-electron chi connectivity index (χ3n) is 7.22. The van der Waals surface area contributed by atoms with Crippen LogP contribution < -0.4 is 4.90 Å². The molecule has 0 aromatic carbocycles. The van der Waals surface area contributed by atoms with E-state index in [-0.39, 0.29) is 11.5 Å². The molecule has 154 valence electrons. The van der Waals surface area contributed by atoms with Crippen LogP contribution in [0, 0.1) is 11.8 Å². The minimum Gasteiger partial charge on any atom is -0.355 e. The highest BCUT2D eigenvalue weighted by molar-refractivity contribution is 5.80. The van der Waals surface area contributed by atoms with Crippen molar-refractivity contribution in [2.75, 3.05) is 24.5 Å². The van der Waals surface area contributed by atoms with E-state index in [4.69, 9.17) is 4.98 Å². The average Bonchev–Trinajstić information content (AvgIpc) is 3.47. The Labute approximate surface area is 173 Å². The Morgan fingerprint density at radius 2 is 2.07 bits per heavy atom. The minimum absolute atomic E-state index is 0.150. The number of amides is 1. The molecule has 5 rings (SSSR count). The van der Waals surface area contributed by atoms with Crippen LogP contribution in [0.4, 0.5) is 5.69 Å². The third kappa shape index (κ3) is 2.97. The zero-order valence-corrected chi connectivity index (χ0v) is 17.7. The fraction of sp³-hybridized carbons (Fsp3) is 0.583. The van der Waals surface area contributed by atoms with Crippen LogP contribution in [0.5, 0.6) is 0 Å². The first-order valence-corrected chi connectivity index (χ1v) is 11.3.